The number of Topliss-reactive ketones (excluding diaryl/α,β-unsaturated/α-hetero) is 1. The van der Waals surface area contributed by atoms with E-state index in [1.165, 1.54) is 0 Å². The molecule has 2 aliphatic heterocycles. The van der Waals surface area contributed by atoms with Crippen molar-refractivity contribution in [1.29, 1.82) is 0 Å². The number of rotatable bonds is 23. The molecule has 4 aromatic rings. The van der Waals surface area contributed by atoms with Gasteiger partial charge in [0.2, 0.25) is 17.7 Å². The summed E-state index contributed by atoms with van der Waals surface area (Å²) in [4.78, 5) is 92.4. The Morgan fingerprint density at radius 2 is 1.06 bits per heavy atom. The van der Waals surface area contributed by atoms with Crippen molar-refractivity contribution in [2.75, 3.05) is 46.3 Å². The number of alkyl halides is 2. The molecule has 4 aromatic carbocycles. The summed E-state index contributed by atoms with van der Waals surface area (Å²) in [6, 6.07) is 27.2. The smallest absolute Gasteiger partial charge is 0.253 e. The molecule has 420 valence electrons. The third kappa shape index (κ3) is 14.4. The average molecular weight is 1070 g/mol. The molecule has 5 amide bonds. The largest absolute Gasteiger partial charge is 0.344 e. The molecule has 0 spiro atoms. The van der Waals surface area contributed by atoms with Crippen molar-refractivity contribution in [3.8, 4) is 0 Å². The Labute approximate surface area is 461 Å². The van der Waals surface area contributed by atoms with E-state index in [-0.39, 0.29) is 112 Å². The molecule has 0 unspecified atom stereocenters. The van der Waals surface area contributed by atoms with E-state index in [1.807, 2.05) is 74.5 Å². The van der Waals surface area contributed by atoms with Crippen molar-refractivity contribution in [1.82, 2.24) is 30.2 Å². The predicted molar refractivity (Wildman–Crippen MR) is 302 cm³/mol. The molecule has 4 aliphatic rings. The van der Waals surface area contributed by atoms with Gasteiger partial charge in [-0.15, -0.1) is 0 Å². The van der Waals surface area contributed by atoms with Crippen molar-refractivity contribution in [3.63, 3.8) is 0 Å². The van der Waals surface area contributed by atoms with Crippen LogP contribution >= 0.6 is 0 Å². The van der Waals surface area contributed by atoms with Gasteiger partial charge in [0.15, 0.2) is 0 Å². The number of halogens is 2. The van der Waals surface area contributed by atoms with E-state index >= 15 is 8.78 Å². The monoisotopic (exact) mass is 1070 g/mol. The maximum absolute atomic E-state index is 16.3. The van der Waals surface area contributed by atoms with Crippen LogP contribution in [-0.2, 0) is 32.0 Å². The first-order valence-corrected chi connectivity index (χ1v) is 29.3. The fourth-order valence-corrected chi connectivity index (χ4v) is 12.6. The van der Waals surface area contributed by atoms with E-state index in [4.69, 9.17) is 0 Å². The normalized spacial score (nSPS) is 21.7. The number of amides is 5. The number of fused-ring (bicyclic) bond motifs is 1. The van der Waals surface area contributed by atoms with Gasteiger partial charge >= 0.3 is 0 Å². The fraction of sp³-hybridized carbons (Fsp3) is 0.562. The van der Waals surface area contributed by atoms with E-state index in [2.05, 4.69) is 10.6 Å². The highest BCUT2D eigenvalue weighted by Gasteiger charge is 2.46. The average Bonchev–Trinajstić information content (AvgIpc) is 4.06. The summed E-state index contributed by atoms with van der Waals surface area (Å²) in [5, 5.41) is 7.53. The zero-order valence-corrected chi connectivity index (χ0v) is 46.6. The molecule has 0 aromatic heterocycles. The van der Waals surface area contributed by atoms with Crippen molar-refractivity contribution < 1.29 is 37.5 Å². The number of nitrogens with one attached hydrogen (secondary N) is 2. The number of hydrogen-bond donors (Lipinski definition) is 2. The summed E-state index contributed by atoms with van der Waals surface area (Å²) in [5.41, 5.74) is 2.77. The number of nitrogens with zero attached hydrogens (tertiary/aromatic N) is 4. The molecule has 8 atom stereocenters. The summed E-state index contributed by atoms with van der Waals surface area (Å²) in [7, 11) is 1.73. The van der Waals surface area contributed by atoms with Gasteiger partial charge in [-0.05, 0) is 130 Å². The highest BCUT2D eigenvalue weighted by atomic mass is 19.1. The Morgan fingerprint density at radius 3 is 1.53 bits per heavy atom. The molecular formula is C64H84F2N6O6. The van der Waals surface area contributed by atoms with Crippen molar-refractivity contribution in [3.05, 3.63) is 119 Å². The number of likely N-dealkylation sites (tertiary alicyclic amines) is 2. The summed E-state index contributed by atoms with van der Waals surface area (Å²) in [6.45, 7) is 6.51. The molecule has 2 saturated heterocycles. The lowest BCUT2D eigenvalue weighted by Gasteiger charge is -2.37. The summed E-state index contributed by atoms with van der Waals surface area (Å²) < 4.78 is 32.6. The molecule has 2 N–H and O–H groups in total. The molecule has 2 aliphatic carbocycles. The van der Waals surface area contributed by atoms with Gasteiger partial charge in [0.25, 0.3) is 11.8 Å². The minimum absolute atomic E-state index is 0.0151. The van der Waals surface area contributed by atoms with Crippen LogP contribution in [0.15, 0.2) is 97.1 Å². The van der Waals surface area contributed by atoms with Crippen LogP contribution < -0.4 is 10.6 Å². The molecule has 2 saturated carbocycles. The standard InChI is InChI=1S/C64H84F2N6O6/c1-5-43(2)60(74)68-59(48-24-16-9-17-25-48)64(78)72-37-33-55(66)57(72)42-70(35-31-46-20-12-7-13-21-46)62(76)52-29-27-49-38-51(28-26-50(49)39-52)61(75)69(34-30-45-18-10-6-11-19-45)41-56-54(65)32-36-71(56)63(77)53(40-58(73)44(3)67-4)47-22-14-8-15-23-47/h6-7,10-13,18-21,26-29,38-39,43-44,47-48,53-57,59,67H,5,8-9,14-17,22-25,30-37,40-42H2,1-4H3,(H,68,74)/t43-,44+,53+,54+,55+,56-,57-,59+/m1/s1. The van der Waals surface area contributed by atoms with Crippen LogP contribution in [-0.4, -0.2) is 138 Å². The molecule has 8 rings (SSSR count). The van der Waals surface area contributed by atoms with Crippen LogP contribution in [0, 0.1) is 23.7 Å². The number of likely N-dealkylation sites (N-methyl/N-ethyl adjacent to an activating group) is 1. The highest BCUT2D eigenvalue weighted by Crippen LogP contribution is 2.37. The SMILES string of the molecule is CC[C@@H](C)C(=O)N[C@H](C(=O)N1CC[C@H](F)[C@H]1CN(CCc1ccccc1)C(=O)c1ccc2cc(C(=O)N(CCc3ccccc3)C[C@@H]3[C@@H](F)CCN3C(=O)[C@@H](CC(=O)[C@H](C)NC)C3CCCCC3)ccc2c1)C1CCCCC1. The van der Waals surface area contributed by atoms with Crippen LogP contribution in [0.4, 0.5) is 8.78 Å². The Balaban J connectivity index is 1.03. The number of ketones is 1. The summed E-state index contributed by atoms with van der Waals surface area (Å²) in [6.07, 6.45) is 8.72. The lowest BCUT2D eigenvalue weighted by molar-refractivity contribution is -0.142. The minimum Gasteiger partial charge on any atom is -0.344 e. The van der Waals surface area contributed by atoms with E-state index in [0.29, 0.717) is 41.2 Å². The van der Waals surface area contributed by atoms with Gasteiger partial charge in [-0.1, -0.05) is 125 Å². The van der Waals surface area contributed by atoms with Crippen molar-refractivity contribution in [2.45, 2.75) is 160 Å². The predicted octanol–water partition coefficient (Wildman–Crippen LogP) is 9.96. The zero-order valence-electron chi connectivity index (χ0n) is 46.6. The molecular weight excluding hydrogens is 987 g/mol. The van der Waals surface area contributed by atoms with Gasteiger partial charge < -0.3 is 30.2 Å². The van der Waals surface area contributed by atoms with Gasteiger partial charge in [0, 0.05) is 68.7 Å². The lowest BCUT2D eigenvalue weighted by atomic mass is 9.76. The molecule has 0 radical (unpaired) electrons. The van der Waals surface area contributed by atoms with Crippen LogP contribution in [0.1, 0.15) is 143 Å². The Bertz CT molecular complexity index is 2480. The molecule has 0 bridgehead atoms. The number of hydrogen-bond acceptors (Lipinski definition) is 7. The molecule has 14 heteroatoms. The second kappa shape index (κ2) is 27.7. The van der Waals surface area contributed by atoms with E-state index in [0.717, 1.165) is 75.3 Å². The molecule has 2 heterocycles. The summed E-state index contributed by atoms with van der Waals surface area (Å²) in [5.74, 6) is -2.15. The van der Waals surface area contributed by atoms with Crippen LogP contribution in [0.25, 0.3) is 10.8 Å². The maximum Gasteiger partial charge on any atom is 0.253 e. The number of carbonyl (C=O) groups is 6. The van der Waals surface area contributed by atoms with E-state index < -0.39 is 42.4 Å². The van der Waals surface area contributed by atoms with Gasteiger partial charge in [0.1, 0.15) is 24.2 Å². The fourth-order valence-electron chi connectivity index (χ4n) is 12.6. The highest BCUT2D eigenvalue weighted by molar-refractivity contribution is 6.02. The molecule has 4 fully saturated rings. The van der Waals surface area contributed by atoms with Crippen LogP contribution in [0.5, 0.6) is 0 Å². The van der Waals surface area contributed by atoms with E-state index in [1.54, 1.807) is 70.0 Å². The second-order valence-corrected chi connectivity index (χ2v) is 22.9. The topological polar surface area (TPSA) is 139 Å². The van der Waals surface area contributed by atoms with Gasteiger partial charge in [0.05, 0.1) is 18.1 Å². The van der Waals surface area contributed by atoms with E-state index in [9.17, 15) is 28.8 Å². The lowest BCUT2D eigenvalue weighted by Crippen LogP contribution is -2.57. The first kappa shape index (κ1) is 58.1. The van der Waals surface area contributed by atoms with Crippen molar-refractivity contribution in [2.24, 2.45) is 23.7 Å². The molecule has 78 heavy (non-hydrogen) atoms. The second-order valence-electron chi connectivity index (χ2n) is 22.9. The Kier molecular flexibility index (Phi) is 20.7. The maximum atomic E-state index is 16.3. The van der Waals surface area contributed by atoms with Crippen LogP contribution in [0.3, 0.4) is 0 Å². The quantitative estimate of drug-likeness (QED) is 0.0754. The van der Waals surface area contributed by atoms with Gasteiger partial charge in [-0.25, -0.2) is 8.78 Å². The summed E-state index contributed by atoms with van der Waals surface area (Å²) >= 11 is 0. The zero-order chi connectivity index (χ0) is 55.3. The first-order valence-electron chi connectivity index (χ1n) is 29.3. The van der Waals surface area contributed by atoms with Crippen molar-refractivity contribution >= 4 is 46.1 Å². The molecule has 12 nitrogen and oxygen atoms in total. The first-order chi connectivity index (χ1) is 37.7. The number of carbonyl (C=O) groups excluding carboxylic acids is 6. The third-order valence-electron chi connectivity index (χ3n) is 17.9. The van der Waals surface area contributed by atoms with Gasteiger partial charge in [-0.3, -0.25) is 28.8 Å². The number of benzene rings is 4. The van der Waals surface area contributed by atoms with Gasteiger partial charge in [-0.2, -0.15) is 0 Å². The Morgan fingerprint density at radius 1 is 0.603 bits per heavy atom. The third-order valence-corrected chi connectivity index (χ3v) is 17.9. The van der Waals surface area contributed by atoms with Crippen LogP contribution in [0.2, 0.25) is 0 Å². The minimum atomic E-state index is -1.37. The Hall–Kier alpha value is -6.02.